The number of alkyl halides is 1. The predicted molar refractivity (Wildman–Crippen MR) is 72.2 cm³/mol. The number of rotatable bonds is 5. The summed E-state index contributed by atoms with van der Waals surface area (Å²) >= 11 is 3.26. The van der Waals surface area contributed by atoms with Crippen LogP contribution in [0.3, 0.4) is 0 Å². The van der Waals surface area contributed by atoms with Crippen LogP contribution in [-0.2, 0) is 0 Å². The van der Waals surface area contributed by atoms with Gasteiger partial charge in [0.25, 0.3) is 5.69 Å². The van der Waals surface area contributed by atoms with Crippen molar-refractivity contribution in [1.29, 1.82) is 0 Å². The van der Waals surface area contributed by atoms with Gasteiger partial charge in [-0.05, 0) is 25.0 Å². The van der Waals surface area contributed by atoms with E-state index in [4.69, 9.17) is 5.11 Å². The lowest BCUT2D eigenvalue weighted by atomic mass is 10.0. The van der Waals surface area contributed by atoms with Gasteiger partial charge in [0.1, 0.15) is 0 Å². The SMILES string of the molecule is Cc1c(C(=O)O)cc(C=CCCBr)cc1[N+](=O)[O-]. The third kappa shape index (κ3) is 3.40. The Balaban J connectivity index is 3.29. The second kappa shape index (κ2) is 6.30. The Labute approximate surface area is 112 Å². The van der Waals surface area contributed by atoms with Crippen LogP contribution < -0.4 is 0 Å². The highest BCUT2D eigenvalue weighted by atomic mass is 79.9. The first-order valence-corrected chi connectivity index (χ1v) is 6.34. The molecule has 1 N–H and O–H groups in total. The van der Waals surface area contributed by atoms with E-state index < -0.39 is 10.9 Å². The number of carbonyl (C=O) groups is 1. The average molecular weight is 314 g/mol. The summed E-state index contributed by atoms with van der Waals surface area (Å²) in [5.41, 5.74) is 0.479. The molecule has 1 aromatic rings. The molecule has 0 fully saturated rings. The standard InChI is InChI=1S/C12H12BrNO4/c1-8-10(12(15)16)6-9(4-2-3-5-13)7-11(8)14(17)18/h2,4,6-7H,3,5H2,1H3,(H,15,16). The van der Waals surface area contributed by atoms with E-state index in [-0.39, 0.29) is 16.8 Å². The molecule has 0 saturated carbocycles. The minimum Gasteiger partial charge on any atom is -0.478 e. The van der Waals surface area contributed by atoms with E-state index in [1.165, 1.54) is 19.1 Å². The number of carboxylic acid groups (broad SMARTS) is 1. The Kier molecular flexibility index (Phi) is 5.03. The van der Waals surface area contributed by atoms with Crippen molar-refractivity contribution in [3.05, 3.63) is 45.0 Å². The van der Waals surface area contributed by atoms with Crippen molar-refractivity contribution >= 4 is 33.7 Å². The lowest BCUT2D eigenvalue weighted by molar-refractivity contribution is -0.385. The van der Waals surface area contributed by atoms with Gasteiger partial charge >= 0.3 is 5.97 Å². The van der Waals surface area contributed by atoms with Crippen molar-refractivity contribution in [2.75, 3.05) is 5.33 Å². The van der Waals surface area contributed by atoms with E-state index in [0.717, 1.165) is 11.8 Å². The van der Waals surface area contributed by atoms with Gasteiger partial charge in [-0.25, -0.2) is 4.79 Å². The number of halogens is 1. The first-order chi connectivity index (χ1) is 8.47. The molecule has 0 radical (unpaired) electrons. The first kappa shape index (κ1) is 14.4. The maximum atomic E-state index is 11.0. The Hall–Kier alpha value is -1.69. The molecule has 18 heavy (non-hydrogen) atoms. The van der Waals surface area contributed by atoms with Crippen LogP contribution in [0, 0.1) is 17.0 Å². The molecule has 0 aromatic heterocycles. The molecule has 1 rings (SSSR count). The fraction of sp³-hybridized carbons (Fsp3) is 0.250. The van der Waals surface area contributed by atoms with Crippen molar-refractivity contribution in [3.63, 3.8) is 0 Å². The maximum absolute atomic E-state index is 11.0. The number of nitro benzene ring substituents is 1. The van der Waals surface area contributed by atoms with Gasteiger partial charge in [-0.3, -0.25) is 10.1 Å². The fourth-order valence-corrected chi connectivity index (χ4v) is 1.78. The molecular formula is C12H12BrNO4. The quantitative estimate of drug-likeness (QED) is 0.513. The molecule has 96 valence electrons. The van der Waals surface area contributed by atoms with E-state index >= 15 is 0 Å². The summed E-state index contributed by atoms with van der Waals surface area (Å²) in [6, 6.07) is 2.82. The summed E-state index contributed by atoms with van der Waals surface area (Å²) in [5.74, 6) is -1.16. The van der Waals surface area contributed by atoms with E-state index in [1.807, 2.05) is 6.08 Å². The lowest BCUT2D eigenvalue weighted by Crippen LogP contribution is -2.03. The van der Waals surface area contributed by atoms with E-state index in [0.29, 0.717) is 5.56 Å². The van der Waals surface area contributed by atoms with Crippen molar-refractivity contribution < 1.29 is 14.8 Å². The summed E-state index contributed by atoms with van der Waals surface area (Å²) in [7, 11) is 0. The Morgan fingerprint density at radius 1 is 1.56 bits per heavy atom. The van der Waals surface area contributed by atoms with Crippen molar-refractivity contribution in [3.8, 4) is 0 Å². The third-order valence-corrected chi connectivity index (χ3v) is 2.87. The maximum Gasteiger partial charge on any atom is 0.336 e. The molecule has 0 saturated heterocycles. The van der Waals surface area contributed by atoms with Crippen LogP contribution in [0.1, 0.15) is 27.9 Å². The van der Waals surface area contributed by atoms with Gasteiger partial charge in [-0.15, -0.1) is 0 Å². The minimum atomic E-state index is -1.16. The number of hydrogen-bond donors (Lipinski definition) is 1. The van der Waals surface area contributed by atoms with Crippen LogP contribution >= 0.6 is 15.9 Å². The molecule has 0 aliphatic carbocycles. The molecular weight excluding hydrogens is 302 g/mol. The monoisotopic (exact) mass is 313 g/mol. The molecule has 6 heteroatoms. The highest BCUT2D eigenvalue weighted by Gasteiger charge is 2.19. The third-order valence-electron chi connectivity index (χ3n) is 2.42. The van der Waals surface area contributed by atoms with Gasteiger partial charge in [0, 0.05) is 17.0 Å². The molecule has 0 heterocycles. The van der Waals surface area contributed by atoms with E-state index in [9.17, 15) is 14.9 Å². The zero-order valence-electron chi connectivity index (χ0n) is 9.72. The van der Waals surface area contributed by atoms with Crippen molar-refractivity contribution in [2.24, 2.45) is 0 Å². The predicted octanol–water partition coefficient (Wildman–Crippen LogP) is 3.40. The fourth-order valence-electron chi connectivity index (χ4n) is 1.51. The summed E-state index contributed by atoms with van der Waals surface area (Å²) in [5, 5.41) is 20.7. The summed E-state index contributed by atoms with van der Waals surface area (Å²) in [6.45, 7) is 1.44. The van der Waals surface area contributed by atoms with Gasteiger partial charge in [-0.1, -0.05) is 28.1 Å². The number of allylic oxidation sites excluding steroid dienone is 1. The van der Waals surface area contributed by atoms with Gasteiger partial charge in [0.05, 0.1) is 10.5 Å². The Bertz CT molecular complexity index is 476. The van der Waals surface area contributed by atoms with Gasteiger partial charge in [0.2, 0.25) is 0 Å². The first-order valence-electron chi connectivity index (χ1n) is 5.22. The highest BCUT2D eigenvalue weighted by molar-refractivity contribution is 9.09. The van der Waals surface area contributed by atoms with E-state index in [1.54, 1.807) is 6.08 Å². The summed E-state index contributed by atoms with van der Waals surface area (Å²) < 4.78 is 0. The molecule has 1 aromatic carbocycles. The molecule has 0 aliphatic rings. The summed E-state index contributed by atoms with van der Waals surface area (Å²) in [6.07, 6.45) is 4.28. The molecule has 0 amide bonds. The van der Waals surface area contributed by atoms with Crippen LogP contribution in [0.25, 0.3) is 6.08 Å². The zero-order chi connectivity index (χ0) is 13.7. The number of aromatic carboxylic acids is 1. The number of nitrogens with zero attached hydrogens (tertiary/aromatic N) is 1. The summed E-state index contributed by atoms with van der Waals surface area (Å²) in [4.78, 5) is 21.3. The van der Waals surface area contributed by atoms with Crippen LogP contribution in [0.2, 0.25) is 0 Å². The molecule has 5 nitrogen and oxygen atoms in total. The van der Waals surface area contributed by atoms with Gasteiger partial charge in [0.15, 0.2) is 0 Å². The molecule has 0 unspecified atom stereocenters. The zero-order valence-corrected chi connectivity index (χ0v) is 11.3. The van der Waals surface area contributed by atoms with Crippen LogP contribution in [-0.4, -0.2) is 21.3 Å². The molecule has 0 aliphatic heterocycles. The molecule has 0 atom stereocenters. The highest BCUT2D eigenvalue weighted by Crippen LogP contribution is 2.24. The molecule has 0 spiro atoms. The smallest absolute Gasteiger partial charge is 0.336 e. The minimum absolute atomic E-state index is 0.0392. The average Bonchev–Trinajstić information content (AvgIpc) is 2.30. The second-order valence-electron chi connectivity index (χ2n) is 3.65. The van der Waals surface area contributed by atoms with Crippen LogP contribution in [0.15, 0.2) is 18.2 Å². The topological polar surface area (TPSA) is 80.4 Å². The van der Waals surface area contributed by atoms with E-state index in [2.05, 4.69) is 15.9 Å². The Morgan fingerprint density at radius 2 is 2.22 bits per heavy atom. The Morgan fingerprint density at radius 3 is 2.72 bits per heavy atom. The number of nitro groups is 1. The number of carboxylic acids is 1. The van der Waals surface area contributed by atoms with Gasteiger partial charge < -0.3 is 5.11 Å². The van der Waals surface area contributed by atoms with Crippen LogP contribution in [0.4, 0.5) is 5.69 Å². The normalized spacial score (nSPS) is 10.8. The lowest BCUT2D eigenvalue weighted by Gasteiger charge is -2.04. The second-order valence-corrected chi connectivity index (χ2v) is 4.45. The van der Waals surface area contributed by atoms with Gasteiger partial charge in [-0.2, -0.15) is 0 Å². The van der Waals surface area contributed by atoms with Crippen molar-refractivity contribution in [2.45, 2.75) is 13.3 Å². The molecule has 0 bridgehead atoms. The number of benzene rings is 1. The largest absolute Gasteiger partial charge is 0.478 e. The van der Waals surface area contributed by atoms with Crippen molar-refractivity contribution in [1.82, 2.24) is 0 Å². The van der Waals surface area contributed by atoms with Crippen LogP contribution in [0.5, 0.6) is 0 Å². The number of hydrogen-bond acceptors (Lipinski definition) is 3.